The monoisotopic (exact) mass is 254 g/mol. The van der Waals surface area contributed by atoms with Crippen molar-refractivity contribution < 1.29 is 0 Å². The summed E-state index contributed by atoms with van der Waals surface area (Å²) in [5, 5.41) is 3.53. The van der Waals surface area contributed by atoms with Crippen LogP contribution in [0, 0.1) is 17.3 Å². The van der Waals surface area contributed by atoms with Crippen molar-refractivity contribution >= 4 is 0 Å². The van der Waals surface area contributed by atoms with Crippen molar-refractivity contribution in [2.24, 2.45) is 17.3 Å². The second-order valence-corrected chi connectivity index (χ2v) is 7.30. The molecule has 0 bridgehead atoms. The van der Waals surface area contributed by atoms with Gasteiger partial charge in [0.1, 0.15) is 0 Å². The van der Waals surface area contributed by atoms with Gasteiger partial charge < -0.3 is 5.32 Å². The van der Waals surface area contributed by atoms with Crippen LogP contribution in [0.1, 0.15) is 54.4 Å². The largest absolute Gasteiger partial charge is 0.315 e. The normalized spacial score (nSPS) is 21.5. The zero-order valence-electron chi connectivity index (χ0n) is 13.4. The first-order chi connectivity index (χ1) is 8.36. The molecule has 0 aromatic carbocycles. The number of hydrogen-bond acceptors (Lipinski definition) is 2. The molecule has 2 nitrogen and oxygen atoms in total. The van der Waals surface area contributed by atoms with E-state index in [2.05, 4.69) is 51.8 Å². The summed E-state index contributed by atoms with van der Waals surface area (Å²) in [6, 6.07) is 0.714. The Balaban J connectivity index is 2.48. The lowest BCUT2D eigenvalue weighted by Crippen LogP contribution is -2.50. The summed E-state index contributed by atoms with van der Waals surface area (Å²) in [5.74, 6) is 1.65. The number of likely N-dealkylation sites (tertiary alicyclic amines) is 1. The molecule has 1 rings (SSSR count). The third kappa shape index (κ3) is 4.55. The van der Waals surface area contributed by atoms with Crippen molar-refractivity contribution in [1.82, 2.24) is 10.2 Å². The van der Waals surface area contributed by atoms with Gasteiger partial charge in [-0.05, 0) is 49.7 Å². The summed E-state index contributed by atoms with van der Waals surface area (Å²) < 4.78 is 0. The molecule has 2 heteroatoms. The van der Waals surface area contributed by atoms with Crippen LogP contribution in [0.25, 0.3) is 0 Å². The lowest BCUT2D eigenvalue weighted by molar-refractivity contribution is 0.0659. The van der Waals surface area contributed by atoms with Crippen LogP contribution in [-0.4, -0.2) is 37.1 Å². The van der Waals surface area contributed by atoms with Gasteiger partial charge in [-0.15, -0.1) is 0 Å². The van der Waals surface area contributed by atoms with E-state index in [-0.39, 0.29) is 0 Å². The van der Waals surface area contributed by atoms with Gasteiger partial charge >= 0.3 is 0 Å². The molecule has 1 unspecified atom stereocenters. The van der Waals surface area contributed by atoms with Gasteiger partial charge in [0.15, 0.2) is 0 Å². The maximum Gasteiger partial charge on any atom is 0.0243 e. The van der Waals surface area contributed by atoms with Gasteiger partial charge in [-0.1, -0.05) is 41.5 Å². The van der Waals surface area contributed by atoms with E-state index < -0.39 is 0 Å². The van der Waals surface area contributed by atoms with E-state index in [1.54, 1.807) is 0 Å². The molecule has 0 aromatic rings. The van der Waals surface area contributed by atoms with Gasteiger partial charge in [-0.25, -0.2) is 0 Å². The van der Waals surface area contributed by atoms with E-state index >= 15 is 0 Å². The number of nitrogens with one attached hydrogen (secondary N) is 1. The number of rotatable bonds is 5. The highest BCUT2D eigenvalue weighted by atomic mass is 15.2. The highest BCUT2D eigenvalue weighted by molar-refractivity contribution is 4.85. The van der Waals surface area contributed by atoms with Gasteiger partial charge in [-0.3, -0.25) is 4.90 Å². The number of hydrogen-bond donors (Lipinski definition) is 1. The van der Waals surface area contributed by atoms with Crippen LogP contribution in [-0.2, 0) is 0 Å². The second-order valence-electron chi connectivity index (χ2n) is 7.30. The fourth-order valence-corrected chi connectivity index (χ4v) is 3.18. The molecule has 1 aliphatic rings. The number of likely N-dealkylation sites (N-methyl/N-ethyl adjacent to an activating group) is 1. The zero-order chi connectivity index (χ0) is 13.8. The van der Waals surface area contributed by atoms with Crippen molar-refractivity contribution in [3.05, 3.63) is 0 Å². The molecule has 18 heavy (non-hydrogen) atoms. The molecule has 1 N–H and O–H groups in total. The third-order valence-electron chi connectivity index (χ3n) is 4.60. The lowest BCUT2D eigenvalue weighted by Gasteiger charge is -2.43. The van der Waals surface area contributed by atoms with Crippen LogP contribution in [0.2, 0.25) is 0 Å². The minimum Gasteiger partial charge on any atom is -0.315 e. The molecule has 0 aromatic heterocycles. The fraction of sp³-hybridized carbons (Fsp3) is 1.00. The van der Waals surface area contributed by atoms with E-state index in [0.29, 0.717) is 11.5 Å². The summed E-state index contributed by atoms with van der Waals surface area (Å²) in [4.78, 5) is 2.72. The molecular weight excluding hydrogens is 220 g/mol. The van der Waals surface area contributed by atoms with Gasteiger partial charge in [0, 0.05) is 12.6 Å². The molecule has 0 aliphatic carbocycles. The SMILES string of the molecule is CCNCC(C(C)C)N1CCC(C(C)(C)C)CC1. The molecule has 0 spiro atoms. The van der Waals surface area contributed by atoms with E-state index in [1.807, 2.05) is 0 Å². The van der Waals surface area contributed by atoms with Gasteiger partial charge in [0.05, 0.1) is 0 Å². The smallest absolute Gasteiger partial charge is 0.0243 e. The zero-order valence-corrected chi connectivity index (χ0v) is 13.4. The second kappa shape index (κ2) is 6.91. The average molecular weight is 254 g/mol. The van der Waals surface area contributed by atoms with Crippen molar-refractivity contribution in [1.29, 1.82) is 0 Å². The summed E-state index contributed by atoms with van der Waals surface area (Å²) in [6.45, 7) is 18.9. The summed E-state index contributed by atoms with van der Waals surface area (Å²) in [7, 11) is 0. The first-order valence-electron chi connectivity index (χ1n) is 7.81. The molecule has 108 valence electrons. The molecule has 0 amide bonds. The maximum atomic E-state index is 3.53. The van der Waals surface area contributed by atoms with E-state index in [0.717, 1.165) is 24.9 Å². The number of piperidine rings is 1. The van der Waals surface area contributed by atoms with E-state index in [9.17, 15) is 0 Å². The molecule has 0 saturated carbocycles. The molecule has 1 aliphatic heterocycles. The minimum atomic E-state index is 0.487. The summed E-state index contributed by atoms with van der Waals surface area (Å²) >= 11 is 0. The Morgan fingerprint density at radius 1 is 1.17 bits per heavy atom. The average Bonchev–Trinajstić information content (AvgIpc) is 2.28. The Morgan fingerprint density at radius 3 is 2.11 bits per heavy atom. The van der Waals surface area contributed by atoms with Crippen molar-refractivity contribution in [3.8, 4) is 0 Å². The van der Waals surface area contributed by atoms with Crippen LogP contribution < -0.4 is 5.32 Å². The van der Waals surface area contributed by atoms with Crippen LogP contribution in [0.3, 0.4) is 0 Å². The predicted octanol–water partition coefficient (Wildman–Crippen LogP) is 3.38. The molecular formula is C16H34N2. The molecule has 1 heterocycles. The Kier molecular flexibility index (Phi) is 6.13. The highest BCUT2D eigenvalue weighted by Crippen LogP contribution is 2.35. The minimum absolute atomic E-state index is 0.487. The summed E-state index contributed by atoms with van der Waals surface area (Å²) in [6.07, 6.45) is 2.75. The topological polar surface area (TPSA) is 15.3 Å². The Labute approximate surface area is 115 Å². The Hall–Kier alpha value is -0.0800. The molecule has 0 radical (unpaired) electrons. The predicted molar refractivity (Wildman–Crippen MR) is 80.9 cm³/mol. The van der Waals surface area contributed by atoms with Crippen molar-refractivity contribution in [3.63, 3.8) is 0 Å². The summed E-state index contributed by atoms with van der Waals surface area (Å²) in [5.41, 5.74) is 0.487. The highest BCUT2D eigenvalue weighted by Gasteiger charge is 2.31. The fourth-order valence-electron chi connectivity index (χ4n) is 3.18. The van der Waals surface area contributed by atoms with Gasteiger partial charge in [-0.2, -0.15) is 0 Å². The van der Waals surface area contributed by atoms with E-state index in [4.69, 9.17) is 0 Å². The first-order valence-corrected chi connectivity index (χ1v) is 7.81. The van der Waals surface area contributed by atoms with E-state index in [1.165, 1.54) is 25.9 Å². The lowest BCUT2D eigenvalue weighted by atomic mass is 9.75. The van der Waals surface area contributed by atoms with Crippen molar-refractivity contribution in [2.45, 2.75) is 60.4 Å². The van der Waals surface area contributed by atoms with Crippen LogP contribution in [0.4, 0.5) is 0 Å². The van der Waals surface area contributed by atoms with Crippen LogP contribution >= 0.6 is 0 Å². The standard InChI is InChI=1S/C16H34N2/c1-7-17-12-15(13(2)3)18-10-8-14(9-11-18)16(4,5)6/h13-15,17H,7-12H2,1-6H3. The molecule has 1 fully saturated rings. The van der Waals surface area contributed by atoms with Crippen LogP contribution in [0.5, 0.6) is 0 Å². The van der Waals surface area contributed by atoms with Gasteiger partial charge in [0.25, 0.3) is 0 Å². The quantitative estimate of drug-likeness (QED) is 0.809. The third-order valence-corrected chi connectivity index (χ3v) is 4.60. The van der Waals surface area contributed by atoms with Crippen LogP contribution in [0.15, 0.2) is 0 Å². The Morgan fingerprint density at radius 2 is 1.72 bits per heavy atom. The molecule has 1 atom stereocenters. The molecule has 1 saturated heterocycles. The maximum absolute atomic E-state index is 3.53. The Bertz CT molecular complexity index is 222. The van der Waals surface area contributed by atoms with Crippen molar-refractivity contribution in [2.75, 3.05) is 26.2 Å². The first kappa shape index (κ1) is 16.0. The van der Waals surface area contributed by atoms with Gasteiger partial charge in [0.2, 0.25) is 0 Å². The number of nitrogens with zero attached hydrogens (tertiary/aromatic N) is 1.